The molecular weight excluding hydrogens is 180 g/mol. The van der Waals surface area contributed by atoms with E-state index in [2.05, 4.69) is 4.90 Å². The standard InChI is InChI=1S/C10H18N2O2/c1-11-3-2-9(10(11)13)8-12-4-6-14-7-5-12/h9H,2-8H2,1H3. The van der Waals surface area contributed by atoms with Crippen LogP contribution >= 0.6 is 0 Å². The van der Waals surface area contributed by atoms with Crippen molar-refractivity contribution in [2.24, 2.45) is 5.92 Å². The van der Waals surface area contributed by atoms with Crippen LogP contribution in [0.1, 0.15) is 6.42 Å². The Kier molecular flexibility index (Phi) is 3.03. The first-order valence-electron chi connectivity index (χ1n) is 5.32. The van der Waals surface area contributed by atoms with Crippen LogP contribution in [0.4, 0.5) is 0 Å². The van der Waals surface area contributed by atoms with Crippen molar-refractivity contribution in [3.05, 3.63) is 0 Å². The van der Waals surface area contributed by atoms with Crippen molar-refractivity contribution in [3.8, 4) is 0 Å². The molecule has 80 valence electrons. The minimum absolute atomic E-state index is 0.234. The second kappa shape index (κ2) is 4.28. The molecule has 4 heteroatoms. The first-order valence-corrected chi connectivity index (χ1v) is 5.32. The van der Waals surface area contributed by atoms with E-state index in [1.54, 1.807) is 0 Å². The van der Waals surface area contributed by atoms with Crippen molar-refractivity contribution < 1.29 is 9.53 Å². The molecule has 1 amide bonds. The second-order valence-electron chi connectivity index (χ2n) is 4.16. The molecule has 2 aliphatic heterocycles. The second-order valence-corrected chi connectivity index (χ2v) is 4.16. The van der Waals surface area contributed by atoms with Gasteiger partial charge in [0.25, 0.3) is 0 Å². The van der Waals surface area contributed by atoms with Crippen molar-refractivity contribution in [2.75, 3.05) is 46.4 Å². The predicted molar refractivity (Wildman–Crippen MR) is 53.0 cm³/mol. The molecule has 14 heavy (non-hydrogen) atoms. The summed E-state index contributed by atoms with van der Waals surface area (Å²) in [5, 5.41) is 0. The number of hydrogen-bond donors (Lipinski definition) is 0. The fraction of sp³-hybridized carbons (Fsp3) is 0.900. The Balaban J connectivity index is 1.82. The van der Waals surface area contributed by atoms with Crippen molar-refractivity contribution >= 4 is 5.91 Å². The quantitative estimate of drug-likeness (QED) is 0.616. The van der Waals surface area contributed by atoms with Gasteiger partial charge in [0.05, 0.1) is 19.1 Å². The normalized spacial score (nSPS) is 29.9. The van der Waals surface area contributed by atoms with Crippen molar-refractivity contribution in [3.63, 3.8) is 0 Å². The van der Waals surface area contributed by atoms with E-state index >= 15 is 0 Å². The molecule has 2 saturated heterocycles. The van der Waals surface area contributed by atoms with E-state index in [-0.39, 0.29) is 5.92 Å². The van der Waals surface area contributed by atoms with E-state index in [0.29, 0.717) is 5.91 Å². The van der Waals surface area contributed by atoms with Gasteiger partial charge in [0, 0.05) is 33.2 Å². The molecule has 0 aliphatic carbocycles. The lowest BCUT2D eigenvalue weighted by Crippen LogP contribution is -2.41. The Morgan fingerprint density at radius 1 is 1.36 bits per heavy atom. The molecule has 2 fully saturated rings. The predicted octanol–water partition coefficient (Wildman–Crippen LogP) is -0.203. The van der Waals surface area contributed by atoms with Crippen LogP contribution in [0.15, 0.2) is 0 Å². The molecule has 0 saturated carbocycles. The maximum atomic E-state index is 11.6. The maximum Gasteiger partial charge on any atom is 0.226 e. The number of likely N-dealkylation sites (tertiary alicyclic amines) is 1. The highest BCUT2D eigenvalue weighted by molar-refractivity contribution is 5.80. The van der Waals surface area contributed by atoms with E-state index in [0.717, 1.165) is 45.8 Å². The van der Waals surface area contributed by atoms with E-state index in [1.165, 1.54) is 0 Å². The number of nitrogens with zero attached hydrogens (tertiary/aromatic N) is 2. The van der Waals surface area contributed by atoms with Crippen LogP contribution in [0.5, 0.6) is 0 Å². The SMILES string of the molecule is CN1CCC(CN2CCOCC2)C1=O. The number of ether oxygens (including phenoxy) is 1. The van der Waals surface area contributed by atoms with Crippen LogP contribution in [-0.2, 0) is 9.53 Å². The largest absolute Gasteiger partial charge is 0.379 e. The van der Waals surface area contributed by atoms with Gasteiger partial charge in [0.2, 0.25) is 5.91 Å². The topological polar surface area (TPSA) is 32.8 Å². The lowest BCUT2D eigenvalue weighted by molar-refractivity contribution is -0.130. The summed E-state index contributed by atoms with van der Waals surface area (Å²) in [6, 6.07) is 0. The summed E-state index contributed by atoms with van der Waals surface area (Å²) < 4.78 is 5.28. The molecule has 0 N–H and O–H groups in total. The summed E-state index contributed by atoms with van der Waals surface area (Å²) in [6.45, 7) is 5.44. The van der Waals surface area contributed by atoms with E-state index in [9.17, 15) is 4.79 Å². The third-order valence-electron chi connectivity index (χ3n) is 3.12. The molecule has 2 aliphatic rings. The Bertz CT molecular complexity index is 214. The van der Waals surface area contributed by atoms with Gasteiger partial charge in [-0.1, -0.05) is 0 Å². The average molecular weight is 198 g/mol. The summed E-state index contributed by atoms with van der Waals surface area (Å²) in [5.41, 5.74) is 0. The van der Waals surface area contributed by atoms with Gasteiger partial charge in [-0.05, 0) is 6.42 Å². The molecule has 0 bridgehead atoms. The first kappa shape index (κ1) is 9.93. The Morgan fingerprint density at radius 3 is 2.64 bits per heavy atom. The highest BCUT2D eigenvalue weighted by atomic mass is 16.5. The zero-order valence-corrected chi connectivity index (χ0v) is 8.74. The zero-order valence-electron chi connectivity index (χ0n) is 8.74. The zero-order chi connectivity index (χ0) is 9.97. The minimum Gasteiger partial charge on any atom is -0.379 e. The number of rotatable bonds is 2. The molecule has 1 unspecified atom stereocenters. The van der Waals surface area contributed by atoms with Gasteiger partial charge >= 0.3 is 0 Å². The van der Waals surface area contributed by atoms with Gasteiger partial charge in [0.15, 0.2) is 0 Å². The molecule has 1 atom stereocenters. The van der Waals surface area contributed by atoms with Crippen LogP contribution in [0.25, 0.3) is 0 Å². The van der Waals surface area contributed by atoms with Crippen LogP contribution in [0.2, 0.25) is 0 Å². The Hall–Kier alpha value is -0.610. The molecule has 0 aromatic rings. The molecule has 0 aromatic carbocycles. The smallest absolute Gasteiger partial charge is 0.226 e. The minimum atomic E-state index is 0.234. The van der Waals surface area contributed by atoms with Crippen LogP contribution in [0.3, 0.4) is 0 Å². The highest BCUT2D eigenvalue weighted by Gasteiger charge is 2.30. The van der Waals surface area contributed by atoms with Gasteiger partial charge in [0.1, 0.15) is 0 Å². The fourth-order valence-electron chi connectivity index (χ4n) is 2.16. The van der Waals surface area contributed by atoms with Crippen molar-refractivity contribution in [2.45, 2.75) is 6.42 Å². The van der Waals surface area contributed by atoms with Gasteiger partial charge in [-0.15, -0.1) is 0 Å². The molecule has 0 radical (unpaired) electrons. The van der Waals surface area contributed by atoms with E-state index < -0.39 is 0 Å². The van der Waals surface area contributed by atoms with Crippen LogP contribution in [-0.4, -0.2) is 62.1 Å². The molecule has 0 aromatic heterocycles. The third-order valence-corrected chi connectivity index (χ3v) is 3.12. The molecular formula is C10H18N2O2. The number of carbonyl (C=O) groups is 1. The number of morpholine rings is 1. The van der Waals surface area contributed by atoms with Crippen molar-refractivity contribution in [1.29, 1.82) is 0 Å². The number of carbonyl (C=O) groups excluding carboxylic acids is 1. The molecule has 2 heterocycles. The van der Waals surface area contributed by atoms with Gasteiger partial charge in [-0.2, -0.15) is 0 Å². The first-order chi connectivity index (χ1) is 6.77. The fourth-order valence-corrected chi connectivity index (χ4v) is 2.16. The summed E-state index contributed by atoms with van der Waals surface area (Å²) >= 11 is 0. The summed E-state index contributed by atoms with van der Waals surface area (Å²) in [7, 11) is 1.89. The Labute approximate surface area is 84.8 Å². The molecule has 4 nitrogen and oxygen atoms in total. The summed E-state index contributed by atoms with van der Waals surface area (Å²) in [4.78, 5) is 15.8. The molecule has 2 rings (SSSR count). The Morgan fingerprint density at radius 2 is 2.07 bits per heavy atom. The third kappa shape index (κ3) is 2.07. The number of hydrogen-bond acceptors (Lipinski definition) is 3. The summed E-state index contributed by atoms with van der Waals surface area (Å²) in [5.74, 6) is 0.551. The highest BCUT2D eigenvalue weighted by Crippen LogP contribution is 2.17. The van der Waals surface area contributed by atoms with Gasteiger partial charge in [-0.25, -0.2) is 0 Å². The van der Waals surface area contributed by atoms with Gasteiger partial charge < -0.3 is 9.64 Å². The average Bonchev–Trinajstić information content (AvgIpc) is 2.52. The lowest BCUT2D eigenvalue weighted by atomic mass is 10.1. The maximum absolute atomic E-state index is 11.6. The van der Waals surface area contributed by atoms with Crippen LogP contribution < -0.4 is 0 Å². The summed E-state index contributed by atoms with van der Waals surface area (Å²) in [6.07, 6.45) is 1.02. The monoisotopic (exact) mass is 198 g/mol. The van der Waals surface area contributed by atoms with Gasteiger partial charge in [-0.3, -0.25) is 9.69 Å². The van der Waals surface area contributed by atoms with E-state index in [4.69, 9.17) is 4.74 Å². The van der Waals surface area contributed by atoms with Crippen LogP contribution in [0, 0.1) is 5.92 Å². The number of amides is 1. The molecule has 0 spiro atoms. The van der Waals surface area contributed by atoms with E-state index in [1.807, 2.05) is 11.9 Å². The lowest BCUT2D eigenvalue weighted by Gasteiger charge is -2.28. The van der Waals surface area contributed by atoms with Crippen molar-refractivity contribution in [1.82, 2.24) is 9.80 Å².